The quantitative estimate of drug-likeness (QED) is 0.144. The molecule has 1 heterocycles. The van der Waals surface area contributed by atoms with Crippen molar-refractivity contribution in [3.8, 4) is 0 Å². The number of cyclic esters (lactones) is 1. The third-order valence-corrected chi connectivity index (χ3v) is 23.0. The van der Waals surface area contributed by atoms with Crippen LogP contribution in [0.25, 0.3) is 0 Å². The second kappa shape index (κ2) is 20.3. The number of aryl methyl sites for hydroxylation is 1. The molecule has 0 radical (unpaired) electrons. The van der Waals surface area contributed by atoms with Gasteiger partial charge in [-0.3, -0.25) is 4.79 Å². The zero-order chi connectivity index (χ0) is 49.7. The van der Waals surface area contributed by atoms with Gasteiger partial charge in [-0.1, -0.05) is 114 Å². The Morgan fingerprint density at radius 1 is 0.817 bits per heavy atom. The Bertz CT molecular complexity index is 2180. The Morgan fingerprint density at radius 2 is 1.49 bits per heavy atom. The van der Waals surface area contributed by atoms with Crippen molar-refractivity contribution >= 4 is 11.9 Å². The fourth-order valence-corrected chi connectivity index (χ4v) is 19.7. The summed E-state index contributed by atoms with van der Waals surface area (Å²) < 4.78 is 11.9. The highest BCUT2D eigenvalue weighted by molar-refractivity contribution is 5.85. The minimum atomic E-state index is -1.49. The first-order valence-electron chi connectivity index (χ1n) is 29.3. The third kappa shape index (κ3) is 9.46. The van der Waals surface area contributed by atoms with Crippen molar-refractivity contribution in [2.45, 2.75) is 237 Å². The molecule has 11 atom stereocenters. The number of rotatable bonds is 16. The van der Waals surface area contributed by atoms with Gasteiger partial charge in [0.1, 0.15) is 12.7 Å². The lowest BCUT2D eigenvalue weighted by atomic mass is 9.37. The van der Waals surface area contributed by atoms with Crippen LogP contribution in [-0.4, -0.2) is 57.8 Å². The van der Waals surface area contributed by atoms with Crippen LogP contribution in [0.1, 0.15) is 212 Å². The number of esters is 2. The second-order valence-electron chi connectivity index (χ2n) is 26.8. The monoisotopic (exact) mass is 973 g/mol. The number of aliphatic hydroxyl groups excluding tert-OH is 2. The lowest BCUT2D eigenvalue weighted by Gasteiger charge is -2.70. The predicted molar refractivity (Wildman–Crippen MR) is 281 cm³/mol. The van der Waals surface area contributed by atoms with Crippen LogP contribution in [0.2, 0.25) is 0 Å². The molecule has 0 unspecified atom stereocenters. The summed E-state index contributed by atoms with van der Waals surface area (Å²) in [6.07, 6.45) is 29.8. The molecule has 7 aliphatic carbocycles. The van der Waals surface area contributed by atoms with Gasteiger partial charge in [0.05, 0.1) is 23.2 Å². The van der Waals surface area contributed by atoms with Crippen LogP contribution < -0.4 is 0 Å². The zero-order valence-electron chi connectivity index (χ0n) is 44.5. The molecular formula is C64H92O7. The minimum absolute atomic E-state index is 0.208. The van der Waals surface area contributed by atoms with Crippen molar-refractivity contribution in [2.75, 3.05) is 6.61 Å². The van der Waals surface area contributed by atoms with Gasteiger partial charge in [-0.25, -0.2) is 4.79 Å². The van der Waals surface area contributed by atoms with E-state index in [1.54, 1.807) is 11.6 Å². The van der Waals surface area contributed by atoms with Gasteiger partial charge in [0.2, 0.25) is 0 Å². The molecule has 2 aromatic rings. The van der Waals surface area contributed by atoms with E-state index in [1.807, 2.05) is 6.92 Å². The molecule has 0 bridgehead atoms. The molecular weight excluding hydrogens is 881 g/mol. The van der Waals surface area contributed by atoms with E-state index in [0.717, 1.165) is 56.4 Å². The molecule has 3 N–H and O–H groups in total. The number of carbonyl (C=O) groups is 2. The molecule has 7 fully saturated rings. The summed E-state index contributed by atoms with van der Waals surface area (Å²) in [5, 5.41) is 40.2. The van der Waals surface area contributed by atoms with E-state index in [4.69, 9.17) is 9.47 Å². The Labute approximate surface area is 428 Å². The summed E-state index contributed by atoms with van der Waals surface area (Å²) in [4.78, 5) is 25.7. The van der Waals surface area contributed by atoms with Crippen molar-refractivity contribution in [2.24, 2.45) is 56.7 Å². The lowest BCUT2D eigenvalue weighted by Crippen LogP contribution is -2.77. The number of benzene rings is 2. The molecule has 8 aliphatic rings. The summed E-state index contributed by atoms with van der Waals surface area (Å²) in [5.74, 6) is -0.130. The van der Waals surface area contributed by atoms with Crippen LogP contribution in [0.3, 0.4) is 0 Å². The van der Waals surface area contributed by atoms with Crippen molar-refractivity contribution in [3.63, 3.8) is 0 Å². The van der Waals surface area contributed by atoms with Gasteiger partial charge in [-0.15, -0.1) is 0 Å². The standard InChI is InChI=1S/C64H92O7/c1-45(16-15-19-48-17-7-5-8-18-48)22-23-54(66)64-55(67)27-32-58(4,57(64)53(71-47(3)65)38-46(2)63(64,69)35-24-49-39-56(68)70-42-49)50-25-33-60(34-26-50)40-52(62(44-60)37-36-59(43-62)28-11-12-29-59)41-61(30-13-14-31-61)51-20-9-6-10-21-51/h5-10,17-18,20-21,39,45-46,50,52-55,57,66-67,69H,11-16,19,22-38,40-44H2,1-4H3/t45-,46-,50?,52-,53-,54+,55+,57+,58+,60?,62+,63-,64+/m1/s1. The van der Waals surface area contributed by atoms with Crippen LogP contribution >= 0.6 is 0 Å². The van der Waals surface area contributed by atoms with Crippen LogP contribution in [0.5, 0.6) is 0 Å². The van der Waals surface area contributed by atoms with E-state index in [1.165, 1.54) is 115 Å². The topological polar surface area (TPSA) is 113 Å². The van der Waals surface area contributed by atoms with E-state index in [-0.39, 0.29) is 24.5 Å². The molecule has 390 valence electrons. The zero-order valence-corrected chi connectivity index (χ0v) is 44.5. The molecule has 1 aliphatic heterocycles. The maximum absolute atomic E-state index is 13.9. The summed E-state index contributed by atoms with van der Waals surface area (Å²) in [6.45, 7) is 8.45. The fraction of sp³-hybridized carbons (Fsp3) is 0.750. The molecule has 10 rings (SSSR count). The lowest BCUT2D eigenvalue weighted by molar-refractivity contribution is -0.327. The highest BCUT2D eigenvalue weighted by atomic mass is 16.5. The molecule has 2 aromatic carbocycles. The van der Waals surface area contributed by atoms with E-state index >= 15 is 0 Å². The highest BCUT2D eigenvalue weighted by Crippen LogP contribution is 2.74. The van der Waals surface area contributed by atoms with Crippen molar-refractivity contribution in [1.82, 2.24) is 0 Å². The van der Waals surface area contributed by atoms with Crippen molar-refractivity contribution in [3.05, 3.63) is 83.4 Å². The average Bonchev–Trinajstić information content (AvgIpc) is 4.22. The molecule has 71 heavy (non-hydrogen) atoms. The van der Waals surface area contributed by atoms with Gasteiger partial charge in [-0.05, 0) is 215 Å². The Kier molecular flexibility index (Phi) is 14.7. The van der Waals surface area contributed by atoms with Crippen LogP contribution in [0.4, 0.5) is 0 Å². The molecule has 0 amide bonds. The summed E-state index contributed by atoms with van der Waals surface area (Å²) in [7, 11) is 0. The van der Waals surface area contributed by atoms with Gasteiger partial charge in [0.15, 0.2) is 0 Å². The molecule has 7 heteroatoms. The average molecular weight is 973 g/mol. The van der Waals surface area contributed by atoms with Crippen molar-refractivity contribution < 1.29 is 34.4 Å². The maximum atomic E-state index is 13.9. The number of ether oxygens (including phenoxy) is 2. The second-order valence-corrected chi connectivity index (χ2v) is 26.8. The Hall–Kier alpha value is -3.00. The number of hydrogen-bond acceptors (Lipinski definition) is 7. The minimum Gasteiger partial charge on any atom is -0.462 e. The first kappa shape index (κ1) is 51.5. The van der Waals surface area contributed by atoms with Gasteiger partial charge in [0, 0.05) is 18.9 Å². The predicted octanol–water partition coefficient (Wildman–Crippen LogP) is 13.7. The molecule has 0 aromatic heterocycles. The smallest absolute Gasteiger partial charge is 0.331 e. The first-order valence-corrected chi connectivity index (χ1v) is 29.3. The van der Waals surface area contributed by atoms with Crippen molar-refractivity contribution in [1.29, 1.82) is 0 Å². The van der Waals surface area contributed by atoms with E-state index in [2.05, 4.69) is 74.5 Å². The van der Waals surface area contributed by atoms with Gasteiger partial charge in [-0.2, -0.15) is 0 Å². The number of aliphatic hydroxyl groups is 3. The summed E-state index contributed by atoms with van der Waals surface area (Å²) >= 11 is 0. The summed E-state index contributed by atoms with van der Waals surface area (Å²) in [6, 6.07) is 22.3. The number of carbonyl (C=O) groups excluding carboxylic acids is 2. The highest BCUT2D eigenvalue weighted by Gasteiger charge is 2.75. The van der Waals surface area contributed by atoms with E-state index < -0.39 is 40.7 Å². The first-order chi connectivity index (χ1) is 34.1. The third-order valence-electron chi connectivity index (χ3n) is 23.0. The van der Waals surface area contributed by atoms with Gasteiger partial charge < -0.3 is 24.8 Å². The molecule has 7 saturated carbocycles. The fourth-order valence-electron chi connectivity index (χ4n) is 19.7. The van der Waals surface area contributed by atoms with Gasteiger partial charge >= 0.3 is 11.9 Å². The SMILES string of the molecule is CC(=O)O[C@@H]1C[C@@H](C)[C@](O)(CCC2=CC(=O)OC2)[C@]2([C@@H](O)CC[C@H](C)CCCc3ccccc3)[C@@H]1[C@](C)(C1CCC3(CC1)C[C@H](CC1(c4ccccc4)CCCC1)[C@]1(CCC4(CCCC4)C1)C3)CC[C@@H]2O. The summed E-state index contributed by atoms with van der Waals surface area (Å²) in [5.41, 5.74) is 2.14. The normalized spacial score (nSPS) is 39.1. The number of fused-ring (bicyclic) bond motifs is 1. The van der Waals surface area contributed by atoms with Crippen LogP contribution in [0, 0.1) is 56.7 Å². The van der Waals surface area contributed by atoms with Crippen LogP contribution in [0.15, 0.2) is 72.3 Å². The van der Waals surface area contributed by atoms with Gasteiger partial charge in [0.25, 0.3) is 0 Å². The number of hydrogen-bond donors (Lipinski definition) is 3. The van der Waals surface area contributed by atoms with E-state index in [9.17, 15) is 24.9 Å². The van der Waals surface area contributed by atoms with Crippen LogP contribution in [-0.2, 0) is 30.9 Å². The Balaban J connectivity index is 0.954. The Morgan fingerprint density at radius 3 is 2.17 bits per heavy atom. The molecule has 3 spiro atoms. The molecule has 7 nitrogen and oxygen atoms in total. The largest absolute Gasteiger partial charge is 0.462 e. The molecule has 0 saturated heterocycles. The maximum Gasteiger partial charge on any atom is 0.331 e. The van der Waals surface area contributed by atoms with E-state index in [0.29, 0.717) is 65.6 Å².